The van der Waals surface area contributed by atoms with E-state index < -0.39 is 5.60 Å². The Morgan fingerprint density at radius 3 is 2.95 bits per heavy atom. The maximum absolute atomic E-state index is 12.0. The molecule has 1 saturated carbocycles. The summed E-state index contributed by atoms with van der Waals surface area (Å²) >= 11 is 8.12. The number of amides is 1. The molecule has 2 atom stereocenters. The number of hydrogen-bond acceptors (Lipinski definition) is 3. The molecular weight excluding hydrogens is 394 g/mol. The van der Waals surface area contributed by atoms with Crippen LogP contribution in [0.2, 0.25) is 0 Å². The van der Waals surface area contributed by atoms with Crippen LogP contribution in [0.5, 0.6) is 0 Å². The average molecular weight is 411 g/mol. The third kappa shape index (κ3) is 4.03. The van der Waals surface area contributed by atoms with E-state index in [1.807, 2.05) is 0 Å². The second-order valence-corrected chi connectivity index (χ2v) is 8.57. The van der Waals surface area contributed by atoms with Crippen molar-refractivity contribution in [1.29, 1.82) is 0 Å². The molecule has 2 N–H and O–H groups in total. The summed E-state index contributed by atoms with van der Waals surface area (Å²) in [5.41, 5.74) is -0.737. The molecule has 0 bridgehead atoms. The van der Waals surface area contributed by atoms with Gasteiger partial charge < -0.3 is 10.4 Å². The van der Waals surface area contributed by atoms with Crippen LogP contribution >= 0.6 is 43.2 Å². The van der Waals surface area contributed by atoms with E-state index in [4.69, 9.17) is 0 Å². The fraction of sp³-hybridized carbons (Fsp3) is 0.615. The molecule has 1 aliphatic carbocycles. The smallest absolute Gasteiger partial charge is 0.261 e. The molecule has 1 aliphatic rings. The van der Waals surface area contributed by atoms with Gasteiger partial charge in [0.1, 0.15) is 0 Å². The standard InChI is InChI=1S/C13H17Br2NO2S/c1-8-3-2-4-13(18,6-8)7-16-12(17)10-5-9(14)11(15)19-10/h5,8,18H,2-4,6-7H2,1H3,(H,16,17). The molecule has 0 aliphatic heterocycles. The van der Waals surface area contributed by atoms with E-state index in [0.29, 0.717) is 17.3 Å². The van der Waals surface area contributed by atoms with Crippen LogP contribution in [0, 0.1) is 5.92 Å². The molecule has 0 aromatic carbocycles. The van der Waals surface area contributed by atoms with E-state index in [2.05, 4.69) is 44.1 Å². The van der Waals surface area contributed by atoms with Gasteiger partial charge in [0.05, 0.1) is 14.3 Å². The SMILES string of the molecule is CC1CCCC(O)(CNC(=O)c2cc(Br)c(Br)s2)C1. The quantitative estimate of drug-likeness (QED) is 0.792. The zero-order valence-corrected chi connectivity index (χ0v) is 14.7. The molecule has 1 amide bonds. The minimum atomic E-state index is -0.737. The summed E-state index contributed by atoms with van der Waals surface area (Å²) in [5.74, 6) is 0.406. The van der Waals surface area contributed by atoms with Crippen LogP contribution in [0.1, 0.15) is 42.3 Å². The van der Waals surface area contributed by atoms with Crippen molar-refractivity contribution < 1.29 is 9.90 Å². The Kier molecular flexibility index (Phi) is 5.09. The van der Waals surface area contributed by atoms with Gasteiger partial charge in [0, 0.05) is 11.0 Å². The van der Waals surface area contributed by atoms with Crippen molar-refractivity contribution in [2.45, 2.75) is 38.2 Å². The fourth-order valence-corrected chi connectivity index (χ4v) is 4.54. The predicted octanol–water partition coefficient (Wildman–Crippen LogP) is 3.94. The van der Waals surface area contributed by atoms with Crippen LogP contribution < -0.4 is 5.32 Å². The first kappa shape index (κ1) is 15.5. The van der Waals surface area contributed by atoms with Crippen LogP contribution in [0.25, 0.3) is 0 Å². The Hall–Kier alpha value is 0.0900. The summed E-state index contributed by atoms with van der Waals surface area (Å²) in [4.78, 5) is 12.7. The highest BCUT2D eigenvalue weighted by atomic mass is 79.9. The van der Waals surface area contributed by atoms with Gasteiger partial charge in [0.25, 0.3) is 5.91 Å². The van der Waals surface area contributed by atoms with Crippen molar-refractivity contribution in [3.05, 3.63) is 19.2 Å². The summed E-state index contributed by atoms with van der Waals surface area (Å²) in [6.07, 6.45) is 3.74. The van der Waals surface area contributed by atoms with E-state index in [1.54, 1.807) is 6.07 Å². The van der Waals surface area contributed by atoms with Crippen molar-refractivity contribution in [3.8, 4) is 0 Å². The lowest BCUT2D eigenvalue weighted by molar-refractivity contribution is -0.0109. The van der Waals surface area contributed by atoms with Crippen molar-refractivity contribution in [2.75, 3.05) is 6.54 Å². The first-order chi connectivity index (χ1) is 8.89. The molecule has 1 aromatic rings. The topological polar surface area (TPSA) is 49.3 Å². The van der Waals surface area contributed by atoms with Gasteiger partial charge in [-0.1, -0.05) is 19.8 Å². The number of rotatable bonds is 3. The van der Waals surface area contributed by atoms with Gasteiger partial charge in [-0.3, -0.25) is 4.79 Å². The molecule has 2 rings (SSSR count). The minimum Gasteiger partial charge on any atom is -0.388 e. The number of carbonyl (C=O) groups excluding carboxylic acids is 1. The van der Waals surface area contributed by atoms with Gasteiger partial charge in [-0.25, -0.2) is 0 Å². The number of hydrogen-bond donors (Lipinski definition) is 2. The van der Waals surface area contributed by atoms with E-state index in [1.165, 1.54) is 17.8 Å². The monoisotopic (exact) mass is 409 g/mol. The molecule has 0 spiro atoms. The zero-order valence-electron chi connectivity index (χ0n) is 10.7. The lowest BCUT2D eigenvalue weighted by atomic mass is 9.79. The highest BCUT2D eigenvalue weighted by molar-refractivity contribution is 9.13. The van der Waals surface area contributed by atoms with Crippen molar-refractivity contribution in [2.24, 2.45) is 5.92 Å². The van der Waals surface area contributed by atoms with Crippen LogP contribution in [0.15, 0.2) is 14.3 Å². The largest absolute Gasteiger partial charge is 0.388 e. The summed E-state index contributed by atoms with van der Waals surface area (Å²) < 4.78 is 1.79. The second kappa shape index (κ2) is 6.24. The van der Waals surface area contributed by atoms with Crippen molar-refractivity contribution in [1.82, 2.24) is 5.32 Å². The molecule has 19 heavy (non-hydrogen) atoms. The Bertz CT molecular complexity index is 458. The molecule has 1 heterocycles. The number of thiophene rings is 1. The number of aliphatic hydroxyl groups is 1. The van der Waals surface area contributed by atoms with Crippen LogP contribution in [-0.2, 0) is 0 Å². The third-order valence-corrected chi connectivity index (χ3v) is 6.77. The molecule has 0 radical (unpaired) electrons. The average Bonchev–Trinajstić information content (AvgIpc) is 2.67. The van der Waals surface area contributed by atoms with Crippen molar-refractivity contribution in [3.63, 3.8) is 0 Å². The molecule has 1 fully saturated rings. The van der Waals surface area contributed by atoms with Crippen LogP contribution in [0.3, 0.4) is 0 Å². The molecule has 0 saturated heterocycles. The third-order valence-electron chi connectivity index (χ3n) is 3.51. The van der Waals surface area contributed by atoms with E-state index >= 15 is 0 Å². The van der Waals surface area contributed by atoms with Gasteiger partial charge in [0.15, 0.2) is 0 Å². The second-order valence-electron chi connectivity index (χ2n) is 5.34. The lowest BCUT2D eigenvalue weighted by Gasteiger charge is -2.35. The van der Waals surface area contributed by atoms with Crippen LogP contribution in [-0.4, -0.2) is 23.2 Å². The van der Waals surface area contributed by atoms with Gasteiger partial charge in [-0.15, -0.1) is 11.3 Å². The number of halogens is 2. The lowest BCUT2D eigenvalue weighted by Crippen LogP contribution is -2.45. The van der Waals surface area contributed by atoms with Gasteiger partial charge in [-0.05, 0) is 56.7 Å². The Balaban J connectivity index is 1.93. The summed E-state index contributed by atoms with van der Waals surface area (Å²) in [6, 6.07) is 1.79. The van der Waals surface area contributed by atoms with Crippen LogP contribution in [0.4, 0.5) is 0 Å². The van der Waals surface area contributed by atoms with E-state index in [-0.39, 0.29) is 5.91 Å². The normalized spacial score (nSPS) is 27.3. The first-order valence-electron chi connectivity index (χ1n) is 6.35. The molecule has 1 aromatic heterocycles. The molecule has 3 nitrogen and oxygen atoms in total. The summed E-state index contributed by atoms with van der Waals surface area (Å²) in [5, 5.41) is 13.3. The zero-order chi connectivity index (χ0) is 14.0. The van der Waals surface area contributed by atoms with E-state index in [9.17, 15) is 9.90 Å². The van der Waals surface area contributed by atoms with Gasteiger partial charge >= 0.3 is 0 Å². The Morgan fingerprint density at radius 1 is 1.63 bits per heavy atom. The van der Waals surface area contributed by atoms with Crippen molar-refractivity contribution >= 4 is 49.1 Å². The minimum absolute atomic E-state index is 0.122. The Morgan fingerprint density at radius 2 is 2.37 bits per heavy atom. The highest BCUT2D eigenvalue weighted by Gasteiger charge is 2.33. The number of carbonyl (C=O) groups is 1. The fourth-order valence-electron chi connectivity index (χ4n) is 2.58. The first-order valence-corrected chi connectivity index (χ1v) is 8.75. The molecule has 2 unspecified atom stereocenters. The molecule has 106 valence electrons. The maximum atomic E-state index is 12.0. The predicted molar refractivity (Wildman–Crippen MR) is 84.6 cm³/mol. The van der Waals surface area contributed by atoms with E-state index in [0.717, 1.165) is 27.5 Å². The maximum Gasteiger partial charge on any atom is 0.261 e. The van der Waals surface area contributed by atoms with Gasteiger partial charge in [0.2, 0.25) is 0 Å². The number of nitrogens with one attached hydrogen (secondary N) is 1. The highest BCUT2D eigenvalue weighted by Crippen LogP contribution is 2.33. The summed E-state index contributed by atoms with van der Waals surface area (Å²) in [6.45, 7) is 2.49. The summed E-state index contributed by atoms with van der Waals surface area (Å²) in [7, 11) is 0. The molecular formula is C13H17Br2NO2S. The molecule has 6 heteroatoms. The van der Waals surface area contributed by atoms with Gasteiger partial charge in [-0.2, -0.15) is 0 Å². The Labute approximate surface area is 134 Å².